The van der Waals surface area contributed by atoms with Crippen LogP contribution in [0.15, 0.2) is 24.3 Å². The largest absolute Gasteiger partial charge is 0.360 e. The molecule has 0 saturated carbocycles. The summed E-state index contributed by atoms with van der Waals surface area (Å²) in [5.74, 6) is 0.902. The second-order valence-corrected chi connectivity index (χ2v) is 4.86. The van der Waals surface area contributed by atoms with Gasteiger partial charge in [-0.3, -0.25) is 0 Å². The summed E-state index contributed by atoms with van der Waals surface area (Å²) in [5.41, 5.74) is 2.55. The lowest BCUT2D eigenvalue weighted by atomic mass is 10.1. The highest BCUT2D eigenvalue weighted by molar-refractivity contribution is 7.09. The summed E-state index contributed by atoms with van der Waals surface area (Å²) >= 11 is 1.44. The highest BCUT2D eigenvalue weighted by Gasteiger charge is 2.04. The summed E-state index contributed by atoms with van der Waals surface area (Å²) in [7, 11) is 0. The van der Waals surface area contributed by atoms with E-state index in [0.29, 0.717) is 0 Å². The molecular weight excluding hydrogens is 230 g/mol. The van der Waals surface area contributed by atoms with Crippen molar-refractivity contribution in [1.82, 2.24) is 9.36 Å². The molecule has 0 atom stereocenters. The third-order valence-electron chi connectivity index (χ3n) is 2.44. The molecule has 2 rings (SSSR count). The van der Waals surface area contributed by atoms with Crippen LogP contribution in [-0.2, 0) is 6.42 Å². The molecule has 2 aromatic rings. The molecule has 1 heterocycles. The second kappa shape index (κ2) is 5.77. The maximum absolute atomic E-state index is 4.47. The maximum Gasteiger partial charge on any atom is 0.202 e. The van der Waals surface area contributed by atoms with Crippen molar-refractivity contribution in [2.24, 2.45) is 0 Å². The van der Waals surface area contributed by atoms with E-state index in [0.717, 1.165) is 30.3 Å². The van der Waals surface area contributed by atoms with Crippen molar-refractivity contribution in [3.63, 3.8) is 0 Å². The smallest absolute Gasteiger partial charge is 0.202 e. The van der Waals surface area contributed by atoms with Crippen LogP contribution < -0.4 is 5.32 Å². The van der Waals surface area contributed by atoms with Crippen LogP contribution >= 0.6 is 11.5 Å². The minimum Gasteiger partial charge on any atom is -0.360 e. The Hall–Kier alpha value is -1.42. The van der Waals surface area contributed by atoms with Crippen LogP contribution in [0.1, 0.15) is 30.3 Å². The van der Waals surface area contributed by atoms with Gasteiger partial charge in [-0.05, 0) is 18.9 Å². The standard InChI is InChI=1S/C13H17N3S/c1-3-7-14-13-15-12(16-17-13)9-11-6-4-5-10(2)8-11/h4-6,8H,3,7,9H2,1-2H3,(H,14,15,16). The number of anilines is 1. The normalized spacial score (nSPS) is 10.5. The molecule has 0 saturated heterocycles. The van der Waals surface area contributed by atoms with Crippen LogP contribution in [0.2, 0.25) is 0 Å². The van der Waals surface area contributed by atoms with Crippen LogP contribution in [0.5, 0.6) is 0 Å². The molecule has 0 spiro atoms. The van der Waals surface area contributed by atoms with E-state index in [1.165, 1.54) is 22.7 Å². The Morgan fingerprint density at radius 1 is 1.35 bits per heavy atom. The van der Waals surface area contributed by atoms with Crippen molar-refractivity contribution in [2.45, 2.75) is 26.7 Å². The van der Waals surface area contributed by atoms with E-state index in [2.05, 4.69) is 52.8 Å². The summed E-state index contributed by atoms with van der Waals surface area (Å²) in [6.07, 6.45) is 1.92. The molecule has 0 aliphatic carbocycles. The molecule has 17 heavy (non-hydrogen) atoms. The molecule has 0 bridgehead atoms. The van der Waals surface area contributed by atoms with Gasteiger partial charge >= 0.3 is 0 Å². The maximum atomic E-state index is 4.47. The Kier molecular flexibility index (Phi) is 4.09. The zero-order valence-corrected chi connectivity index (χ0v) is 11.0. The quantitative estimate of drug-likeness (QED) is 0.881. The van der Waals surface area contributed by atoms with Gasteiger partial charge in [0.25, 0.3) is 0 Å². The number of hydrogen-bond donors (Lipinski definition) is 1. The van der Waals surface area contributed by atoms with Gasteiger partial charge in [0.15, 0.2) is 0 Å². The molecule has 0 fully saturated rings. The van der Waals surface area contributed by atoms with Crippen LogP contribution in [0.3, 0.4) is 0 Å². The first-order valence-electron chi connectivity index (χ1n) is 5.90. The van der Waals surface area contributed by atoms with E-state index in [9.17, 15) is 0 Å². The fourth-order valence-corrected chi connectivity index (χ4v) is 2.24. The molecule has 0 aliphatic rings. The highest BCUT2D eigenvalue weighted by Crippen LogP contribution is 2.14. The van der Waals surface area contributed by atoms with Crippen LogP contribution in [-0.4, -0.2) is 15.9 Å². The number of nitrogens with one attached hydrogen (secondary N) is 1. The van der Waals surface area contributed by atoms with Crippen molar-refractivity contribution in [1.29, 1.82) is 0 Å². The van der Waals surface area contributed by atoms with Crippen LogP contribution in [0.25, 0.3) is 0 Å². The summed E-state index contributed by atoms with van der Waals surface area (Å²) in [6, 6.07) is 8.48. The first kappa shape index (κ1) is 12.0. The Morgan fingerprint density at radius 2 is 2.24 bits per heavy atom. The Labute approximate surface area is 106 Å². The van der Waals surface area contributed by atoms with Gasteiger partial charge in [0.2, 0.25) is 5.13 Å². The lowest BCUT2D eigenvalue weighted by molar-refractivity contribution is 0.966. The number of hydrogen-bond acceptors (Lipinski definition) is 4. The number of nitrogens with zero attached hydrogens (tertiary/aromatic N) is 2. The summed E-state index contributed by atoms with van der Waals surface area (Å²) in [6.45, 7) is 5.20. The van der Waals surface area contributed by atoms with E-state index in [4.69, 9.17) is 0 Å². The van der Waals surface area contributed by atoms with Gasteiger partial charge in [-0.15, -0.1) is 0 Å². The molecular formula is C13H17N3S. The van der Waals surface area contributed by atoms with Gasteiger partial charge < -0.3 is 5.32 Å². The van der Waals surface area contributed by atoms with Crippen molar-refractivity contribution in [3.05, 3.63) is 41.2 Å². The molecule has 90 valence electrons. The molecule has 0 aliphatic heterocycles. The average Bonchev–Trinajstić information content (AvgIpc) is 2.74. The van der Waals surface area contributed by atoms with Gasteiger partial charge in [-0.1, -0.05) is 36.8 Å². The van der Waals surface area contributed by atoms with Gasteiger partial charge in [-0.2, -0.15) is 4.37 Å². The topological polar surface area (TPSA) is 37.8 Å². The zero-order chi connectivity index (χ0) is 12.1. The molecule has 0 unspecified atom stereocenters. The van der Waals surface area contributed by atoms with Gasteiger partial charge in [0, 0.05) is 24.5 Å². The Morgan fingerprint density at radius 3 is 3.00 bits per heavy atom. The predicted molar refractivity (Wildman–Crippen MR) is 72.7 cm³/mol. The fourth-order valence-electron chi connectivity index (χ4n) is 1.63. The second-order valence-electron chi connectivity index (χ2n) is 4.11. The van der Waals surface area contributed by atoms with Crippen molar-refractivity contribution in [3.8, 4) is 0 Å². The van der Waals surface area contributed by atoms with Gasteiger partial charge in [-0.25, -0.2) is 4.98 Å². The molecule has 1 aromatic heterocycles. The monoisotopic (exact) mass is 247 g/mol. The summed E-state index contributed by atoms with van der Waals surface area (Å²) in [4.78, 5) is 4.47. The Balaban J connectivity index is 2.01. The number of benzene rings is 1. The van der Waals surface area contributed by atoms with Gasteiger partial charge in [0.05, 0.1) is 0 Å². The van der Waals surface area contributed by atoms with E-state index in [-0.39, 0.29) is 0 Å². The van der Waals surface area contributed by atoms with E-state index in [1.54, 1.807) is 0 Å². The SMILES string of the molecule is CCCNc1nc(Cc2cccc(C)c2)ns1. The third-order valence-corrected chi connectivity index (χ3v) is 3.15. The average molecular weight is 247 g/mol. The predicted octanol–water partition coefficient (Wildman–Crippen LogP) is 3.26. The van der Waals surface area contributed by atoms with Crippen LogP contribution in [0, 0.1) is 6.92 Å². The molecule has 4 heteroatoms. The van der Waals surface area contributed by atoms with E-state index in [1.807, 2.05) is 0 Å². The molecule has 0 amide bonds. The first-order valence-corrected chi connectivity index (χ1v) is 6.67. The number of rotatable bonds is 5. The van der Waals surface area contributed by atoms with Gasteiger partial charge in [0.1, 0.15) is 5.82 Å². The molecule has 1 aromatic carbocycles. The molecule has 3 nitrogen and oxygen atoms in total. The molecule has 0 radical (unpaired) electrons. The zero-order valence-electron chi connectivity index (χ0n) is 10.2. The van der Waals surface area contributed by atoms with Crippen molar-refractivity contribution >= 4 is 16.7 Å². The van der Waals surface area contributed by atoms with E-state index < -0.39 is 0 Å². The van der Waals surface area contributed by atoms with Crippen molar-refractivity contribution in [2.75, 3.05) is 11.9 Å². The van der Waals surface area contributed by atoms with Crippen LogP contribution in [0.4, 0.5) is 5.13 Å². The minimum absolute atomic E-state index is 0.811. The first-order chi connectivity index (χ1) is 8.28. The Bertz CT molecular complexity index is 479. The number of aromatic nitrogens is 2. The molecule has 1 N–H and O–H groups in total. The van der Waals surface area contributed by atoms with E-state index >= 15 is 0 Å². The summed E-state index contributed by atoms with van der Waals surface area (Å²) < 4.78 is 4.36. The summed E-state index contributed by atoms with van der Waals surface area (Å²) in [5, 5.41) is 4.18. The number of aryl methyl sites for hydroxylation is 1. The minimum atomic E-state index is 0.811. The highest BCUT2D eigenvalue weighted by atomic mass is 32.1. The third kappa shape index (κ3) is 3.53. The fraction of sp³-hybridized carbons (Fsp3) is 0.385. The van der Waals surface area contributed by atoms with Crippen molar-refractivity contribution < 1.29 is 0 Å². The lowest BCUT2D eigenvalue weighted by Gasteiger charge is -1.99. The lowest BCUT2D eigenvalue weighted by Crippen LogP contribution is -1.99.